The van der Waals surface area contributed by atoms with E-state index in [1.54, 1.807) is 0 Å². The molecule has 0 unspecified atom stereocenters. The summed E-state index contributed by atoms with van der Waals surface area (Å²) in [5.41, 5.74) is 3.37. The number of aryl methyl sites for hydroxylation is 1. The second-order valence-electron chi connectivity index (χ2n) is 6.50. The van der Waals surface area contributed by atoms with E-state index in [1.807, 2.05) is 30.3 Å². The summed E-state index contributed by atoms with van der Waals surface area (Å²) < 4.78 is 34.1. The Labute approximate surface area is 159 Å². The molecule has 4 rings (SSSR count). The van der Waals surface area contributed by atoms with Crippen LogP contribution in [0.3, 0.4) is 0 Å². The fourth-order valence-corrected chi connectivity index (χ4v) is 3.01. The highest BCUT2D eigenvalue weighted by Gasteiger charge is 2.18. The number of fused-ring (bicyclic) bond motifs is 3. The molecule has 0 radical (unpaired) electrons. The minimum Gasteiger partial charge on any atom is -0.489 e. The lowest BCUT2D eigenvalue weighted by molar-refractivity contribution is 0.306. The standard InChI is InChI=1S/C18H19N3O.CH4O3S/c1-20-10-5-11-21-17-9-8-15(12-16(17)19-18(20)21)22-13-14-6-3-2-4-7-14;1-5(2,3)4/h2-4,6-9,12H,5,10-11,13H2,1H3;1H3,(H,2,3,4). The number of benzene rings is 2. The molecule has 1 aliphatic rings. The maximum atomic E-state index is 9.19. The van der Waals surface area contributed by atoms with Gasteiger partial charge in [0.2, 0.25) is 5.95 Å². The van der Waals surface area contributed by atoms with Crippen molar-refractivity contribution in [2.45, 2.75) is 19.6 Å². The number of rotatable bonds is 3. The summed E-state index contributed by atoms with van der Waals surface area (Å²) in [6.45, 7) is 2.70. The molecule has 2 heterocycles. The molecule has 27 heavy (non-hydrogen) atoms. The Balaban J connectivity index is 0.000000376. The molecular weight excluding hydrogens is 366 g/mol. The van der Waals surface area contributed by atoms with E-state index in [-0.39, 0.29) is 0 Å². The van der Waals surface area contributed by atoms with Gasteiger partial charge < -0.3 is 14.2 Å². The number of nitrogens with zero attached hydrogens (tertiary/aromatic N) is 3. The minimum absolute atomic E-state index is 0.583. The predicted octanol–water partition coefficient (Wildman–Crippen LogP) is 2.96. The maximum absolute atomic E-state index is 9.19. The van der Waals surface area contributed by atoms with E-state index in [1.165, 1.54) is 17.5 Å². The minimum atomic E-state index is -3.67. The number of anilines is 1. The topological polar surface area (TPSA) is 84.7 Å². The second kappa shape index (κ2) is 7.98. The average molecular weight is 389 g/mol. The van der Waals surface area contributed by atoms with Gasteiger partial charge in [-0.2, -0.15) is 8.42 Å². The Bertz CT molecular complexity index is 1010. The van der Waals surface area contributed by atoms with Crippen LogP contribution < -0.4 is 9.64 Å². The van der Waals surface area contributed by atoms with Gasteiger partial charge in [-0.3, -0.25) is 4.55 Å². The molecule has 0 saturated carbocycles. The summed E-state index contributed by atoms with van der Waals surface area (Å²) in [7, 11) is -1.57. The molecule has 0 bridgehead atoms. The third kappa shape index (κ3) is 5.21. The molecule has 1 N–H and O–H groups in total. The molecule has 2 aromatic carbocycles. The van der Waals surface area contributed by atoms with Crippen LogP contribution in [-0.2, 0) is 23.3 Å². The van der Waals surface area contributed by atoms with Gasteiger partial charge in [-0.15, -0.1) is 0 Å². The lowest BCUT2D eigenvalue weighted by Crippen LogP contribution is -2.28. The molecular formula is C19H23N3O4S. The van der Waals surface area contributed by atoms with Crippen LogP contribution >= 0.6 is 0 Å². The van der Waals surface area contributed by atoms with Crippen molar-refractivity contribution < 1.29 is 17.7 Å². The van der Waals surface area contributed by atoms with Crippen molar-refractivity contribution in [2.24, 2.45) is 0 Å². The number of ether oxygens (including phenoxy) is 1. The van der Waals surface area contributed by atoms with Gasteiger partial charge in [-0.05, 0) is 24.1 Å². The van der Waals surface area contributed by atoms with Crippen LogP contribution in [0.5, 0.6) is 5.75 Å². The zero-order valence-electron chi connectivity index (χ0n) is 15.4. The van der Waals surface area contributed by atoms with Gasteiger partial charge in [0.25, 0.3) is 10.1 Å². The van der Waals surface area contributed by atoms with Crippen molar-refractivity contribution in [3.63, 3.8) is 0 Å². The van der Waals surface area contributed by atoms with E-state index in [0.29, 0.717) is 12.9 Å². The molecule has 1 aromatic heterocycles. The van der Waals surface area contributed by atoms with Crippen molar-refractivity contribution >= 4 is 27.1 Å². The van der Waals surface area contributed by atoms with Crippen LogP contribution in [0.25, 0.3) is 11.0 Å². The lowest BCUT2D eigenvalue weighted by atomic mass is 10.2. The van der Waals surface area contributed by atoms with E-state index >= 15 is 0 Å². The molecule has 0 aliphatic carbocycles. The summed E-state index contributed by atoms with van der Waals surface area (Å²) in [6.07, 6.45) is 1.88. The summed E-state index contributed by atoms with van der Waals surface area (Å²) in [5, 5.41) is 0. The molecule has 0 saturated heterocycles. The third-order valence-electron chi connectivity index (χ3n) is 4.16. The summed E-state index contributed by atoms with van der Waals surface area (Å²) in [4.78, 5) is 6.98. The molecule has 0 atom stereocenters. The Hall–Kier alpha value is -2.58. The normalized spacial score (nSPS) is 13.7. The van der Waals surface area contributed by atoms with Crippen molar-refractivity contribution in [3.8, 4) is 5.75 Å². The zero-order chi connectivity index (χ0) is 19.4. The second-order valence-corrected chi connectivity index (χ2v) is 7.96. The van der Waals surface area contributed by atoms with Crippen molar-refractivity contribution in [1.82, 2.24) is 9.55 Å². The van der Waals surface area contributed by atoms with Crippen LogP contribution in [-0.4, -0.2) is 42.4 Å². The van der Waals surface area contributed by atoms with Crippen LogP contribution in [0.2, 0.25) is 0 Å². The number of imidazole rings is 1. The van der Waals surface area contributed by atoms with Gasteiger partial charge in [0, 0.05) is 26.2 Å². The van der Waals surface area contributed by atoms with Crippen LogP contribution in [0.1, 0.15) is 12.0 Å². The summed E-state index contributed by atoms with van der Waals surface area (Å²) in [5.74, 6) is 1.93. The van der Waals surface area contributed by atoms with Gasteiger partial charge in [0.1, 0.15) is 12.4 Å². The van der Waals surface area contributed by atoms with E-state index in [4.69, 9.17) is 14.3 Å². The van der Waals surface area contributed by atoms with Gasteiger partial charge in [0.05, 0.1) is 17.3 Å². The van der Waals surface area contributed by atoms with Gasteiger partial charge in [-0.1, -0.05) is 30.3 Å². The van der Waals surface area contributed by atoms with Crippen LogP contribution in [0.4, 0.5) is 5.95 Å². The SMILES string of the molecule is CN1CCCn2c1nc1cc(OCc3ccccc3)ccc12.CS(=O)(=O)O. The number of hydrogen-bond donors (Lipinski definition) is 1. The van der Waals surface area contributed by atoms with E-state index in [2.05, 4.69) is 34.7 Å². The van der Waals surface area contributed by atoms with E-state index < -0.39 is 10.1 Å². The molecule has 7 nitrogen and oxygen atoms in total. The average Bonchev–Trinajstić information content (AvgIpc) is 2.99. The number of aromatic nitrogens is 2. The van der Waals surface area contributed by atoms with Crippen molar-refractivity contribution in [2.75, 3.05) is 24.7 Å². The smallest absolute Gasteiger partial charge is 0.261 e. The zero-order valence-corrected chi connectivity index (χ0v) is 16.2. The van der Waals surface area contributed by atoms with E-state index in [0.717, 1.165) is 30.3 Å². The molecule has 3 aromatic rings. The monoisotopic (exact) mass is 389 g/mol. The number of hydrogen-bond acceptors (Lipinski definition) is 5. The molecule has 1 aliphatic heterocycles. The highest BCUT2D eigenvalue weighted by atomic mass is 32.2. The fourth-order valence-electron chi connectivity index (χ4n) is 3.01. The van der Waals surface area contributed by atoms with Gasteiger partial charge >= 0.3 is 0 Å². The first kappa shape index (κ1) is 19.2. The summed E-state index contributed by atoms with van der Waals surface area (Å²) >= 11 is 0. The third-order valence-corrected chi connectivity index (χ3v) is 4.16. The lowest BCUT2D eigenvalue weighted by Gasteiger charge is -2.24. The first-order valence-electron chi connectivity index (χ1n) is 8.62. The Morgan fingerprint density at radius 2 is 1.85 bits per heavy atom. The highest BCUT2D eigenvalue weighted by Crippen LogP contribution is 2.28. The fraction of sp³-hybridized carbons (Fsp3) is 0.316. The van der Waals surface area contributed by atoms with Gasteiger partial charge in [-0.25, -0.2) is 4.98 Å². The van der Waals surface area contributed by atoms with Crippen LogP contribution in [0.15, 0.2) is 48.5 Å². The first-order chi connectivity index (χ1) is 12.8. The van der Waals surface area contributed by atoms with Crippen LogP contribution in [0, 0.1) is 0 Å². The largest absolute Gasteiger partial charge is 0.489 e. The van der Waals surface area contributed by atoms with E-state index in [9.17, 15) is 8.42 Å². The van der Waals surface area contributed by atoms with Gasteiger partial charge in [0.15, 0.2) is 0 Å². The summed E-state index contributed by atoms with van der Waals surface area (Å²) in [6, 6.07) is 16.4. The van der Waals surface area contributed by atoms with Crippen molar-refractivity contribution in [3.05, 3.63) is 54.1 Å². The highest BCUT2D eigenvalue weighted by molar-refractivity contribution is 7.85. The molecule has 0 amide bonds. The predicted molar refractivity (Wildman–Crippen MR) is 106 cm³/mol. The first-order valence-corrected chi connectivity index (χ1v) is 10.5. The molecule has 144 valence electrons. The maximum Gasteiger partial charge on any atom is 0.261 e. The Kier molecular flexibility index (Phi) is 5.67. The molecule has 0 fully saturated rings. The Morgan fingerprint density at radius 1 is 1.15 bits per heavy atom. The molecule has 0 spiro atoms. The quantitative estimate of drug-likeness (QED) is 0.694. The molecule has 8 heteroatoms. The van der Waals surface area contributed by atoms with Crippen molar-refractivity contribution in [1.29, 1.82) is 0 Å². The Morgan fingerprint density at radius 3 is 2.56 bits per heavy atom.